The maximum Gasteiger partial charge on any atom is 0.326 e. The standard InChI is InChI=1S/C23H36N4O5S/c1-14(2)12-19(23(31)32)27-20(28)15(3)25-22(30)18(13-16-8-6-5-7-9-16)26-21(29)17(24)10-11-33-4/h5-9,14-15,17-19H,10-13,24H2,1-4H3,(H,25,30)(H,26,29)(H,27,28)(H,31,32). The molecule has 33 heavy (non-hydrogen) atoms. The van der Waals surface area contributed by atoms with Crippen LogP contribution in [0.2, 0.25) is 0 Å². The van der Waals surface area contributed by atoms with Crippen molar-refractivity contribution in [1.29, 1.82) is 0 Å². The summed E-state index contributed by atoms with van der Waals surface area (Å²) < 4.78 is 0. The van der Waals surface area contributed by atoms with Gasteiger partial charge in [-0.25, -0.2) is 4.79 Å². The topological polar surface area (TPSA) is 151 Å². The fraction of sp³-hybridized carbons (Fsp3) is 0.565. The zero-order chi connectivity index (χ0) is 25.0. The van der Waals surface area contributed by atoms with Gasteiger partial charge in [0.25, 0.3) is 0 Å². The molecule has 4 unspecified atom stereocenters. The number of hydrogen-bond acceptors (Lipinski definition) is 6. The molecule has 0 heterocycles. The Morgan fingerprint density at radius 3 is 2.09 bits per heavy atom. The molecule has 1 aromatic carbocycles. The number of thioether (sulfide) groups is 1. The van der Waals surface area contributed by atoms with Crippen molar-refractivity contribution in [2.24, 2.45) is 11.7 Å². The van der Waals surface area contributed by atoms with Crippen molar-refractivity contribution in [2.75, 3.05) is 12.0 Å². The summed E-state index contributed by atoms with van der Waals surface area (Å²) in [5.41, 5.74) is 6.77. The highest BCUT2D eigenvalue weighted by Gasteiger charge is 2.28. The number of aliphatic carboxylic acids is 1. The molecule has 1 aromatic rings. The van der Waals surface area contributed by atoms with Crippen LogP contribution in [0, 0.1) is 5.92 Å². The molecule has 0 radical (unpaired) electrons. The predicted octanol–water partition coefficient (Wildman–Crippen LogP) is 0.915. The summed E-state index contributed by atoms with van der Waals surface area (Å²) >= 11 is 1.57. The summed E-state index contributed by atoms with van der Waals surface area (Å²) in [6.45, 7) is 5.18. The molecule has 0 fully saturated rings. The molecule has 6 N–H and O–H groups in total. The molecule has 0 saturated carbocycles. The minimum absolute atomic E-state index is 0.0667. The number of nitrogens with two attached hydrogens (primary N) is 1. The molecule has 0 aliphatic rings. The van der Waals surface area contributed by atoms with Crippen LogP contribution in [-0.2, 0) is 25.6 Å². The molecule has 184 valence electrons. The average molecular weight is 481 g/mol. The third kappa shape index (κ3) is 10.7. The van der Waals surface area contributed by atoms with Gasteiger partial charge >= 0.3 is 5.97 Å². The van der Waals surface area contributed by atoms with Crippen LogP contribution in [0.5, 0.6) is 0 Å². The lowest BCUT2D eigenvalue weighted by Crippen LogP contribution is -2.57. The molecular formula is C23H36N4O5S. The fourth-order valence-electron chi connectivity index (χ4n) is 3.08. The van der Waals surface area contributed by atoms with Crippen molar-refractivity contribution >= 4 is 35.5 Å². The second-order valence-electron chi connectivity index (χ2n) is 8.40. The minimum atomic E-state index is -1.14. The number of carbonyl (C=O) groups excluding carboxylic acids is 3. The molecule has 1 rings (SSSR count). The molecule has 0 aliphatic carbocycles. The molecular weight excluding hydrogens is 444 g/mol. The number of nitrogens with one attached hydrogen (secondary N) is 3. The van der Waals surface area contributed by atoms with E-state index in [-0.39, 0.29) is 18.8 Å². The normalized spacial score (nSPS) is 14.6. The second kappa shape index (κ2) is 14.5. The Kier molecular flexibility index (Phi) is 12.5. The van der Waals surface area contributed by atoms with Gasteiger partial charge in [0.15, 0.2) is 0 Å². The number of carbonyl (C=O) groups is 4. The van der Waals surface area contributed by atoms with Crippen LogP contribution in [-0.4, -0.2) is 65.0 Å². The van der Waals surface area contributed by atoms with Gasteiger partial charge in [0.05, 0.1) is 6.04 Å². The van der Waals surface area contributed by atoms with Crippen LogP contribution in [0.1, 0.15) is 39.2 Å². The molecule has 3 amide bonds. The first kappa shape index (κ1) is 28.4. The van der Waals surface area contributed by atoms with E-state index in [0.29, 0.717) is 12.2 Å². The first-order chi connectivity index (χ1) is 15.5. The molecule has 4 atom stereocenters. The van der Waals surface area contributed by atoms with Crippen LogP contribution < -0.4 is 21.7 Å². The Bertz CT molecular complexity index is 790. The largest absolute Gasteiger partial charge is 0.480 e. The highest BCUT2D eigenvalue weighted by Crippen LogP contribution is 2.07. The molecule has 0 aromatic heterocycles. The van der Waals surface area contributed by atoms with E-state index < -0.39 is 47.9 Å². The number of carboxylic acid groups (broad SMARTS) is 1. The number of amides is 3. The summed E-state index contributed by atoms with van der Waals surface area (Å²) in [7, 11) is 0. The molecule has 10 heteroatoms. The number of carboxylic acids is 1. The summed E-state index contributed by atoms with van der Waals surface area (Å²) in [4.78, 5) is 49.4. The van der Waals surface area contributed by atoms with Crippen LogP contribution in [0.15, 0.2) is 30.3 Å². The molecule has 9 nitrogen and oxygen atoms in total. The van der Waals surface area contributed by atoms with Crippen LogP contribution in [0.25, 0.3) is 0 Å². The third-order valence-corrected chi connectivity index (χ3v) is 5.60. The average Bonchev–Trinajstić information content (AvgIpc) is 2.76. The SMILES string of the molecule is CSCCC(N)C(=O)NC(Cc1ccccc1)C(=O)NC(C)C(=O)NC(CC(C)C)C(=O)O. The lowest BCUT2D eigenvalue weighted by Gasteiger charge is -2.24. The lowest BCUT2D eigenvalue weighted by atomic mass is 10.0. The van der Waals surface area contributed by atoms with Crippen molar-refractivity contribution < 1.29 is 24.3 Å². The second-order valence-corrected chi connectivity index (χ2v) is 9.38. The van der Waals surface area contributed by atoms with E-state index in [1.165, 1.54) is 6.92 Å². The van der Waals surface area contributed by atoms with Crippen LogP contribution in [0.4, 0.5) is 0 Å². The smallest absolute Gasteiger partial charge is 0.326 e. The number of benzene rings is 1. The van der Waals surface area contributed by atoms with Crippen molar-refractivity contribution in [3.05, 3.63) is 35.9 Å². The molecule has 0 aliphatic heterocycles. The van der Waals surface area contributed by atoms with E-state index in [0.717, 1.165) is 5.56 Å². The monoisotopic (exact) mass is 480 g/mol. The van der Waals surface area contributed by atoms with Gasteiger partial charge < -0.3 is 26.8 Å². The summed E-state index contributed by atoms with van der Waals surface area (Å²) in [5, 5.41) is 17.1. The van der Waals surface area contributed by atoms with E-state index >= 15 is 0 Å². The first-order valence-electron chi connectivity index (χ1n) is 11.0. The Morgan fingerprint density at radius 2 is 1.55 bits per heavy atom. The molecule has 0 saturated heterocycles. The van der Waals surface area contributed by atoms with Gasteiger partial charge in [-0.3, -0.25) is 14.4 Å². The molecule has 0 bridgehead atoms. The lowest BCUT2D eigenvalue weighted by molar-refractivity contribution is -0.142. The number of hydrogen-bond donors (Lipinski definition) is 5. The summed E-state index contributed by atoms with van der Waals surface area (Å²) in [5.74, 6) is -1.97. The van der Waals surface area contributed by atoms with E-state index in [1.54, 1.807) is 11.8 Å². The zero-order valence-corrected chi connectivity index (χ0v) is 20.5. The van der Waals surface area contributed by atoms with E-state index in [1.807, 2.05) is 50.4 Å². The number of rotatable bonds is 14. The first-order valence-corrected chi connectivity index (χ1v) is 12.4. The maximum absolute atomic E-state index is 13.0. The quantitative estimate of drug-likeness (QED) is 0.266. The van der Waals surface area contributed by atoms with E-state index in [9.17, 15) is 24.3 Å². The zero-order valence-electron chi connectivity index (χ0n) is 19.7. The van der Waals surface area contributed by atoms with Gasteiger partial charge in [-0.2, -0.15) is 11.8 Å². The Labute approximate surface area is 199 Å². The van der Waals surface area contributed by atoms with E-state index in [2.05, 4.69) is 16.0 Å². The van der Waals surface area contributed by atoms with Gasteiger partial charge in [-0.15, -0.1) is 0 Å². The highest BCUT2D eigenvalue weighted by molar-refractivity contribution is 7.98. The van der Waals surface area contributed by atoms with Gasteiger partial charge in [-0.1, -0.05) is 44.2 Å². The van der Waals surface area contributed by atoms with E-state index in [4.69, 9.17) is 5.73 Å². The van der Waals surface area contributed by atoms with Gasteiger partial charge in [-0.05, 0) is 43.3 Å². The van der Waals surface area contributed by atoms with Crippen LogP contribution in [0.3, 0.4) is 0 Å². The van der Waals surface area contributed by atoms with Crippen molar-refractivity contribution in [2.45, 2.75) is 64.2 Å². The van der Waals surface area contributed by atoms with Crippen molar-refractivity contribution in [3.63, 3.8) is 0 Å². The molecule has 0 spiro atoms. The van der Waals surface area contributed by atoms with Gasteiger partial charge in [0.2, 0.25) is 17.7 Å². The van der Waals surface area contributed by atoms with Crippen molar-refractivity contribution in [1.82, 2.24) is 16.0 Å². The Morgan fingerprint density at radius 1 is 0.939 bits per heavy atom. The summed E-state index contributed by atoms with van der Waals surface area (Å²) in [6, 6.07) is 5.42. The minimum Gasteiger partial charge on any atom is -0.480 e. The van der Waals surface area contributed by atoms with Crippen molar-refractivity contribution in [3.8, 4) is 0 Å². The Balaban J connectivity index is 2.87. The predicted molar refractivity (Wildman–Crippen MR) is 130 cm³/mol. The summed E-state index contributed by atoms with van der Waals surface area (Å²) in [6.07, 6.45) is 2.87. The van der Waals surface area contributed by atoms with Gasteiger partial charge in [0.1, 0.15) is 18.1 Å². The maximum atomic E-state index is 13.0. The van der Waals surface area contributed by atoms with Crippen LogP contribution >= 0.6 is 11.8 Å². The third-order valence-electron chi connectivity index (χ3n) is 4.96. The fourth-order valence-corrected chi connectivity index (χ4v) is 3.57. The Hall–Kier alpha value is -2.59. The highest BCUT2D eigenvalue weighted by atomic mass is 32.2. The van der Waals surface area contributed by atoms with Gasteiger partial charge in [0, 0.05) is 6.42 Å².